The molecule has 0 aliphatic carbocycles. The maximum Gasteiger partial charge on any atom is 0.178 e. The van der Waals surface area contributed by atoms with Gasteiger partial charge < -0.3 is 0 Å². The monoisotopic (exact) mass is 351 g/mol. The third-order valence-electron chi connectivity index (χ3n) is 2.93. The average molecular weight is 353 g/mol. The molecule has 0 fully saturated rings. The summed E-state index contributed by atoms with van der Waals surface area (Å²) in [6.07, 6.45) is 0. The number of likely N-dealkylation sites (N-methyl/N-ethyl adjacent to an activating group) is 1. The fourth-order valence-electron chi connectivity index (χ4n) is 2.02. The Morgan fingerprint density at radius 2 is 1.95 bits per heavy atom. The Kier molecular flexibility index (Phi) is 5.35. The highest BCUT2D eigenvalue weighted by molar-refractivity contribution is 9.10. The normalized spacial score (nSPS) is 10.8. The summed E-state index contributed by atoms with van der Waals surface area (Å²) < 4.78 is 1.04. The predicted molar refractivity (Wildman–Crippen MR) is 86.3 cm³/mol. The van der Waals surface area contributed by atoms with Crippen molar-refractivity contribution in [3.05, 3.63) is 69.2 Å². The van der Waals surface area contributed by atoms with Crippen molar-refractivity contribution in [2.24, 2.45) is 0 Å². The van der Waals surface area contributed by atoms with Gasteiger partial charge in [-0.3, -0.25) is 9.69 Å². The van der Waals surface area contributed by atoms with Gasteiger partial charge in [0.2, 0.25) is 0 Å². The summed E-state index contributed by atoms with van der Waals surface area (Å²) in [6.45, 7) is 1.06. The van der Waals surface area contributed by atoms with Crippen LogP contribution in [0.2, 0.25) is 5.02 Å². The van der Waals surface area contributed by atoms with E-state index in [1.807, 2.05) is 42.3 Å². The van der Waals surface area contributed by atoms with Gasteiger partial charge in [-0.2, -0.15) is 0 Å². The van der Waals surface area contributed by atoms with E-state index in [1.54, 1.807) is 12.1 Å². The van der Waals surface area contributed by atoms with Crippen molar-refractivity contribution >= 4 is 33.3 Å². The van der Waals surface area contributed by atoms with Crippen LogP contribution in [-0.2, 0) is 6.54 Å². The SMILES string of the molecule is CN(CC(=O)c1ccccc1Cl)Cc1cccc(Br)c1. The van der Waals surface area contributed by atoms with Crippen LogP contribution in [0.25, 0.3) is 0 Å². The molecule has 0 aromatic heterocycles. The van der Waals surface area contributed by atoms with Crippen LogP contribution in [0.15, 0.2) is 53.0 Å². The van der Waals surface area contributed by atoms with E-state index in [0.29, 0.717) is 17.1 Å². The minimum atomic E-state index is 0.0353. The summed E-state index contributed by atoms with van der Waals surface area (Å²) in [5, 5.41) is 0.508. The third kappa shape index (κ3) is 4.17. The van der Waals surface area contributed by atoms with Crippen molar-refractivity contribution in [2.75, 3.05) is 13.6 Å². The first-order chi connectivity index (χ1) is 9.56. The first-order valence-corrected chi connectivity index (χ1v) is 7.44. The largest absolute Gasteiger partial charge is 0.295 e. The minimum absolute atomic E-state index is 0.0353. The second kappa shape index (κ2) is 7.02. The van der Waals surface area contributed by atoms with Crippen molar-refractivity contribution < 1.29 is 4.79 Å². The van der Waals surface area contributed by atoms with Crippen LogP contribution in [0.5, 0.6) is 0 Å². The topological polar surface area (TPSA) is 20.3 Å². The molecule has 0 N–H and O–H groups in total. The highest BCUT2D eigenvalue weighted by atomic mass is 79.9. The number of hydrogen-bond donors (Lipinski definition) is 0. The molecule has 0 aliphatic rings. The molecule has 2 aromatic rings. The molecule has 0 saturated carbocycles. The van der Waals surface area contributed by atoms with Gasteiger partial charge in [-0.1, -0.05) is 51.8 Å². The van der Waals surface area contributed by atoms with Gasteiger partial charge in [0.1, 0.15) is 0 Å². The van der Waals surface area contributed by atoms with E-state index in [-0.39, 0.29) is 5.78 Å². The van der Waals surface area contributed by atoms with E-state index >= 15 is 0 Å². The molecule has 0 aliphatic heterocycles. The third-order valence-corrected chi connectivity index (χ3v) is 3.75. The van der Waals surface area contributed by atoms with Gasteiger partial charge in [0.05, 0.1) is 11.6 Å². The second-order valence-electron chi connectivity index (χ2n) is 4.71. The number of rotatable bonds is 5. The van der Waals surface area contributed by atoms with Gasteiger partial charge in [0.25, 0.3) is 0 Å². The lowest BCUT2D eigenvalue weighted by Gasteiger charge is -2.16. The Labute approximate surface area is 132 Å². The molecule has 0 heterocycles. The van der Waals surface area contributed by atoms with Crippen molar-refractivity contribution in [1.82, 2.24) is 4.90 Å². The number of ketones is 1. The van der Waals surface area contributed by atoms with Gasteiger partial charge >= 0.3 is 0 Å². The van der Waals surface area contributed by atoms with Crippen LogP contribution in [0, 0.1) is 0 Å². The van der Waals surface area contributed by atoms with Gasteiger partial charge in [0.15, 0.2) is 5.78 Å². The van der Waals surface area contributed by atoms with Crippen LogP contribution in [0.3, 0.4) is 0 Å². The minimum Gasteiger partial charge on any atom is -0.295 e. The predicted octanol–water partition coefficient (Wildman–Crippen LogP) is 4.42. The van der Waals surface area contributed by atoms with Gasteiger partial charge in [-0.05, 0) is 36.9 Å². The van der Waals surface area contributed by atoms with Crippen molar-refractivity contribution in [1.29, 1.82) is 0 Å². The Balaban J connectivity index is 2.00. The first-order valence-electron chi connectivity index (χ1n) is 6.27. The zero-order valence-electron chi connectivity index (χ0n) is 11.1. The number of halogens is 2. The summed E-state index contributed by atoms with van der Waals surface area (Å²) in [5.41, 5.74) is 1.74. The van der Waals surface area contributed by atoms with Crippen LogP contribution in [0.1, 0.15) is 15.9 Å². The number of hydrogen-bond acceptors (Lipinski definition) is 2. The summed E-state index contributed by atoms with van der Waals surface area (Å²) >= 11 is 9.48. The molecule has 0 atom stereocenters. The highest BCUT2D eigenvalue weighted by Gasteiger charge is 2.12. The average Bonchev–Trinajstić information content (AvgIpc) is 2.38. The number of carbonyl (C=O) groups is 1. The van der Waals surface area contributed by atoms with Gasteiger partial charge in [-0.15, -0.1) is 0 Å². The molecular formula is C16H15BrClNO. The Morgan fingerprint density at radius 3 is 2.65 bits per heavy atom. The number of carbonyl (C=O) groups excluding carboxylic acids is 1. The van der Waals surface area contributed by atoms with E-state index in [2.05, 4.69) is 22.0 Å². The molecule has 20 heavy (non-hydrogen) atoms. The van der Waals surface area contributed by atoms with Crippen LogP contribution in [0.4, 0.5) is 0 Å². The summed E-state index contributed by atoms with van der Waals surface area (Å²) in [5.74, 6) is 0.0353. The van der Waals surface area contributed by atoms with E-state index in [1.165, 1.54) is 0 Å². The fraction of sp³-hybridized carbons (Fsp3) is 0.188. The Bertz CT molecular complexity index is 615. The second-order valence-corrected chi connectivity index (χ2v) is 6.03. The van der Waals surface area contributed by atoms with Crippen LogP contribution in [-0.4, -0.2) is 24.3 Å². The molecule has 0 bridgehead atoms. The fourth-order valence-corrected chi connectivity index (χ4v) is 2.71. The van der Waals surface area contributed by atoms with Crippen molar-refractivity contribution in [2.45, 2.75) is 6.54 Å². The molecule has 0 saturated heterocycles. The lowest BCUT2D eigenvalue weighted by Crippen LogP contribution is -2.25. The van der Waals surface area contributed by atoms with Crippen LogP contribution < -0.4 is 0 Å². The number of nitrogens with zero attached hydrogens (tertiary/aromatic N) is 1. The maximum atomic E-state index is 12.2. The standard InChI is InChI=1S/C16H15BrClNO/c1-19(10-12-5-4-6-13(17)9-12)11-16(20)14-7-2-3-8-15(14)18/h2-9H,10-11H2,1H3. The lowest BCUT2D eigenvalue weighted by atomic mass is 10.1. The van der Waals surface area contributed by atoms with E-state index in [4.69, 9.17) is 11.6 Å². The smallest absolute Gasteiger partial charge is 0.178 e. The van der Waals surface area contributed by atoms with Crippen molar-refractivity contribution in [3.8, 4) is 0 Å². The quantitative estimate of drug-likeness (QED) is 0.743. The highest BCUT2D eigenvalue weighted by Crippen LogP contribution is 2.17. The number of benzene rings is 2. The molecule has 2 aromatic carbocycles. The summed E-state index contributed by atoms with van der Waals surface area (Å²) in [6, 6.07) is 15.2. The maximum absolute atomic E-state index is 12.2. The van der Waals surface area contributed by atoms with E-state index in [9.17, 15) is 4.79 Å². The zero-order chi connectivity index (χ0) is 14.5. The lowest BCUT2D eigenvalue weighted by molar-refractivity contribution is 0.0943. The Morgan fingerprint density at radius 1 is 1.20 bits per heavy atom. The van der Waals surface area contributed by atoms with E-state index < -0.39 is 0 Å². The first kappa shape index (κ1) is 15.2. The molecule has 104 valence electrons. The molecule has 0 unspecified atom stereocenters. The summed E-state index contributed by atoms with van der Waals surface area (Å²) in [4.78, 5) is 14.2. The van der Waals surface area contributed by atoms with Crippen molar-refractivity contribution in [3.63, 3.8) is 0 Å². The molecule has 0 spiro atoms. The molecule has 0 amide bonds. The number of Topliss-reactive ketones (excluding diaryl/α,β-unsaturated/α-hetero) is 1. The van der Waals surface area contributed by atoms with Gasteiger partial charge in [0, 0.05) is 16.6 Å². The molecule has 4 heteroatoms. The summed E-state index contributed by atoms with van der Waals surface area (Å²) in [7, 11) is 1.93. The zero-order valence-corrected chi connectivity index (χ0v) is 13.5. The Hall–Kier alpha value is -1.16. The molecule has 0 radical (unpaired) electrons. The van der Waals surface area contributed by atoms with E-state index in [0.717, 1.165) is 16.6 Å². The molecule has 2 rings (SSSR count). The molecule has 2 nitrogen and oxygen atoms in total. The van der Waals surface area contributed by atoms with Gasteiger partial charge in [-0.25, -0.2) is 0 Å². The molecular weight excluding hydrogens is 338 g/mol. The van der Waals surface area contributed by atoms with Crippen LogP contribution >= 0.6 is 27.5 Å².